The Kier molecular flexibility index (Phi) is 4.76. The van der Waals surface area contributed by atoms with Crippen LogP contribution in [0.3, 0.4) is 0 Å². The summed E-state index contributed by atoms with van der Waals surface area (Å²) in [7, 11) is -3.82. The zero-order chi connectivity index (χ0) is 15.1. The van der Waals surface area contributed by atoms with E-state index in [2.05, 4.69) is 5.32 Å². The summed E-state index contributed by atoms with van der Waals surface area (Å²) in [6.45, 7) is 2.50. The molecule has 0 atom stereocenters. The molecule has 0 aliphatic carbocycles. The maximum Gasteiger partial charge on any atom is 0.289 e. The van der Waals surface area contributed by atoms with Crippen LogP contribution >= 0.6 is 12.4 Å². The first kappa shape index (κ1) is 17.1. The van der Waals surface area contributed by atoms with Gasteiger partial charge in [-0.05, 0) is 18.9 Å². The van der Waals surface area contributed by atoms with Crippen molar-refractivity contribution in [3.05, 3.63) is 34.4 Å². The van der Waals surface area contributed by atoms with Gasteiger partial charge in [-0.1, -0.05) is 12.1 Å². The van der Waals surface area contributed by atoms with Gasteiger partial charge in [-0.2, -0.15) is 4.31 Å². The van der Waals surface area contributed by atoms with Crippen molar-refractivity contribution in [2.24, 2.45) is 5.41 Å². The van der Waals surface area contributed by atoms with E-state index < -0.39 is 14.9 Å². The average Bonchev–Trinajstić information content (AvgIpc) is 2.45. The third-order valence-corrected chi connectivity index (χ3v) is 6.20. The molecule has 2 aliphatic heterocycles. The fraction of sp³-hybridized carbons (Fsp3) is 0.538. The summed E-state index contributed by atoms with van der Waals surface area (Å²) in [6.07, 6.45) is 1.80. The van der Waals surface area contributed by atoms with Crippen molar-refractivity contribution in [3.8, 4) is 0 Å². The Labute approximate surface area is 135 Å². The Hall–Kier alpha value is -1.22. The van der Waals surface area contributed by atoms with Crippen molar-refractivity contribution in [1.82, 2.24) is 9.62 Å². The number of nitrogens with one attached hydrogen (secondary N) is 1. The molecule has 22 heavy (non-hydrogen) atoms. The van der Waals surface area contributed by atoms with Gasteiger partial charge < -0.3 is 5.32 Å². The molecule has 0 radical (unpaired) electrons. The van der Waals surface area contributed by atoms with Gasteiger partial charge in [-0.3, -0.25) is 10.1 Å². The standard InChI is InChI=1S/C13H17N3O4S.ClH/c17-16(18)11-4-1-2-5-12(11)21(19,20)15-7-3-6-13(10-15)8-14-9-13;/h1-2,4-5,14H,3,6-10H2;1H. The maximum absolute atomic E-state index is 12.7. The number of para-hydroxylation sites is 1. The smallest absolute Gasteiger partial charge is 0.289 e. The Morgan fingerprint density at radius 1 is 1.27 bits per heavy atom. The van der Waals surface area contributed by atoms with Crippen LogP contribution in [0.2, 0.25) is 0 Å². The fourth-order valence-electron chi connectivity index (χ4n) is 3.10. The van der Waals surface area contributed by atoms with Crippen molar-refractivity contribution in [3.63, 3.8) is 0 Å². The highest BCUT2D eigenvalue weighted by Gasteiger charge is 2.44. The van der Waals surface area contributed by atoms with Crippen LogP contribution in [0.4, 0.5) is 5.69 Å². The molecule has 1 aromatic rings. The van der Waals surface area contributed by atoms with E-state index in [1.165, 1.54) is 28.6 Å². The Balaban J connectivity index is 0.00000176. The zero-order valence-corrected chi connectivity index (χ0v) is 13.5. The second-order valence-electron chi connectivity index (χ2n) is 5.77. The van der Waals surface area contributed by atoms with Crippen LogP contribution in [0.1, 0.15) is 12.8 Å². The van der Waals surface area contributed by atoms with Gasteiger partial charge >= 0.3 is 0 Å². The summed E-state index contributed by atoms with van der Waals surface area (Å²) >= 11 is 0. The largest absolute Gasteiger partial charge is 0.315 e. The zero-order valence-electron chi connectivity index (χ0n) is 11.9. The molecule has 2 saturated heterocycles. The molecule has 1 spiro atoms. The summed E-state index contributed by atoms with van der Waals surface area (Å²) in [4.78, 5) is 10.2. The van der Waals surface area contributed by atoms with Crippen molar-refractivity contribution in [2.45, 2.75) is 17.7 Å². The second-order valence-corrected chi connectivity index (χ2v) is 7.68. The van der Waals surface area contributed by atoms with Crippen LogP contribution in [-0.2, 0) is 10.0 Å². The quantitative estimate of drug-likeness (QED) is 0.659. The van der Waals surface area contributed by atoms with Crippen LogP contribution in [0.5, 0.6) is 0 Å². The van der Waals surface area contributed by atoms with E-state index in [4.69, 9.17) is 0 Å². The Morgan fingerprint density at radius 2 is 1.95 bits per heavy atom. The summed E-state index contributed by atoms with van der Waals surface area (Å²) in [6, 6.07) is 5.54. The monoisotopic (exact) mass is 347 g/mol. The average molecular weight is 348 g/mol. The molecule has 0 saturated carbocycles. The van der Waals surface area contributed by atoms with Gasteiger partial charge in [0, 0.05) is 37.7 Å². The number of piperidine rings is 1. The highest BCUT2D eigenvalue weighted by molar-refractivity contribution is 7.89. The number of hydrogen-bond donors (Lipinski definition) is 1. The number of hydrogen-bond acceptors (Lipinski definition) is 5. The number of sulfonamides is 1. The third-order valence-electron chi connectivity index (χ3n) is 4.31. The first-order chi connectivity index (χ1) is 9.95. The predicted octanol–water partition coefficient (Wildman–Crippen LogP) is 1.39. The second kappa shape index (κ2) is 6.11. The van der Waals surface area contributed by atoms with Crippen LogP contribution in [-0.4, -0.2) is 43.8 Å². The molecule has 0 amide bonds. The van der Waals surface area contributed by atoms with Crippen molar-refractivity contribution < 1.29 is 13.3 Å². The number of nitrogens with zero attached hydrogens (tertiary/aromatic N) is 2. The predicted molar refractivity (Wildman–Crippen MR) is 83.6 cm³/mol. The van der Waals surface area contributed by atoms with E-state index in [0.717, 1.165) is 25.9 Å². The van der Waals surface area contributed by atoms with E-state index >= 15 is 0 Å². The van der Waals surface area contributed by atoms with Crippen molar-refractivity contribution >= 4 is 28.1 Å². The first-order valence-corrected chi connectivity index (χ1v) is 8.33. The lowest BCUT2D eigenvalue weighted by Crippen LogP contribution is -2.61. The lowest BCUT2D eigenvalue weighted by Gasteiger charge is -2.48. The molecule has 0 bridgehead atoms. The fourth-order valence-corrected chi connectivity index (χ4v) is 4.85. The number of halogens is 1. The van der Waals surface area contributed by atoms with Gasteiger partial charge in [0.1, 0.15) is 0 Å². The van der Waals surface area contributed by atoms with E-state index in [-0.39, 0.29) is 28.4 Å². The van der Waals surface area contributed by atoms with E-state index in [1.807, 2.05) is 0 Å². The molecule has 0 aromatic heterocycles. The molecular formula is C13H18ClN3O4S. The molecule has 2 heterocycles. The maximum atomic E-state index is 12.7. The van der Waals surface area contributed by atoms with E-state index in [1.54, 1.807) is 0 Å². The minimum Gasteiger partial charge on any atom is -0.315 e. The lowest BCUT2D eigenvalue weighted by atomic mass is 9.76. The molecule has 1 N–H and O–H groups in total. The molecule has 7 nitrogen and oxygen atoms in total. The van der Waals surface area contributed by atoms with Crippen molar-refractivity contribution in [2.75, 3.05) is 26.2 Å². The van der Waals surface area contributed by atoms with Crippen LogP contribution < -0.4 is 5.32 Å². The summed E-state index contributed by atoms with van der Waals surface area (Å²) < 4.78 is 26.9. The van der Waals surface area contributed by atoms with E-state index in [9.17, 15) is 18.5 Å². The minimum atomic E-state index is -3.82. The normalized spacial score (nSPS) is 20.9. The van der Waals surface area contributed by atoms with Gasteiger partial charge in [0.2, 0.25) is 10.0 Å². The molecule has 9 heteroatoms. The number of nitro groups is 1. The van der Waals surface area contributed by atoms with Gasteiger partial charge in [-0.25, -0.2) is 8.42 Å². The minimum absolute atomic E-state index is 0. The molecule has 3 rings (SSSR count). The highest BCUT2D eigenvalue weighted by Crippen LogP contribution is 2.37. The Bertz CT molecular complexity index is 676. The highest BCUT2D eigenvalue weighted by atomic mass is 35.5. The summed E-state index contributed by atoms with van der Waals surface area (Å²) in [5, 5.41) is 14.2. The van der Waals surface area contributed by atoms with Crippen LogP contribution in [0, 0.1) is 15.5 Å². The first-order valence-electron chi connectivity index (χ1n) is 6.89. The van der Waals surface area contributed by atoms with Gasteiger partial charge in [-0.15, -0.1) is 12.4 Å². The molecular weight excluding hydrogens is 330 g/mol. The van der Waals surface area contributed by atoms with E-state index in [0.29, 0.717) is 13.1 Å². The van der Waals surface area contributed by atoms with Crippen LogP contribution in [0.25, 0.3) is 0 Å². The molecule has 0 unspecified atom stereocenters. The SMILES string of the molecule is Cl.O=[N+]([O-])c1ccccc1S(=O)(=O)N1CCCC2(CNC2)C1. The van der Waals surface area contributed by atoms with Crippen molar-refractivity contribution in [1.29, 1.82) is 0 Å². The summed E-state index contributed by atoms with van der Waals surface area (Å²) in [5.41, 5.74) is -0.349. The number of rotatable bonds is 3. The number of nitro benzene ring substituents is 1. The Morgan fingerprint density at radius 3 is 2.55 bits per heavy atom. The van der Waals surface area contributed by atoms with Crippen LogP contribution in [0.15, 0.2) is 29.2 Å². The third kappa shape index (κ3) is 2.83. The van der Waals surface area contributed by atoms with Gasteiger partial charge in [0.15, 0.2) is 4.90 Å². The lowest BCUT2D eigenvalue weighted by molar-refractivity contribution is -0.387. The molecule has 2 fully saturated rings. The molecule has 1 aromatic carbocycles. The molecule has 122 valence electrons. The van der Waals surface area contributed by atoms with Gasteiger partial charge in [0.25, 0.3) is 5.69 Å². The topological polar surface area (TPSA) is 92.5 Å². The molecule has 2 aliphatic rings. The van der Waals surface area contributed by atoms with Gasteiger partial charge in [0.05, 0.1) is 4.92 Å². The summed E-state index contributed by atoms with van der Waals surface area (Å²) in [5.74, 6) is 0. The number of benzene rings is 1.